The summed E-state index contributed by atoms with van der Waals surface area (Å²) in [6.45, 7) is 26.4. The molecule has 0 aliphatic carbocycles. The molecule has 0 radical (unpaired) electrons. The first-order valence-corrected chi connectivity index (χ1v) is 51.8. The monoisotopic (exact) mass is 1680 g/mol. The highest BCUT2D eigenvalue weighted by Gasteiger charge is 2.19. The minimum absolute atomic E-state index is 0.0358. The minimum Gasteiger partial charge on any atom is -0.481 e. The summed E-state index contributed by atoms with van der Waals surface area (Å²) in [6.07, 6.45) is 78.4. The summed E-state index contributed by atoms with van der Waals surface area (Å²) >= 11 is 0. The van der Waals surface area contributed by atoms with E-state index in [2.05, 4.69) is 65.2 Å². The maximum absolute atomic E-state index is 12.8. The lowest BCUT2D eigenvalue weighted by Gasteiger charge is -2.22. The summed E-state index contributed by atoms with van der Waals surface area (Å²) in [6, 6.07) is 9.84. The van der Waals surface area contributed by atoms with Crippen LogP contribution in [0.1, 0.15) is 510 Å². The van der Waals surface area contributed by atoms with Crippen LogP contribution in [0, 0.1) is 23.7 Å². The van der Waals surface area contributed by atoms with Crippen molar-refractivity contribution in [2.75, 3.05) is 65.7 Å². The van der Waals surface area contributed by atoms with E-state index in [1.54, 1.807) is 0 Å². The molecule has 698 valence electrons. The van der Waals surface area contributed by atoms with Gasteiger partial charge in [0.2, 0.25) is 0 Å². The van der Waals surface area contributed by atoms with Crippen LogP contribution in [0.15, 0.2) is 30.3 Å². The van der Waals surface area contributed by atoms with Crippen LogP contribution in [-0.2, 0) is 59.1 Å². The Balaban J connectivity index is 0.00000236. The lowest BCUT2D eigenvalue weighted by Crippen LogP contribution is -2.27. The zero-order chi connectivity index (χ0) is 86.9. The fourth-order valence-corrected chi connectivity index (χ4v) is 16.5. The summed E-state index contributed by atoms with van der Waals surface area (Å²) in [5.74, 6) is 0.965. The van der Waals surface area contributed by atoms with E-state index in [0.29, 0.717) is 95.2 Å². The summed E-state index contributed by atoms with van der Waals surface area (Å²) in [5.41, 5.74) is 1.01. The predicted molar refractivity (Wildman–Crippen MR) is 503 cm³/mol. The number of nitrogens with zero attached hydrogens (tertiary/aromatic N) is 2. The topological polar surface area (TPSA) is 175 Å². The second-order valence-electron chi connectivity index (χ2n) is 36.2. The number of rotatable bonds is 92. The molecule has 0 aliphatic rings. The van der Waals surface area contributed by atoms with Crippen molar-refractivity contribution in [3.05, 3.63) is 35.9 Å². The summed E-state index contributed by atoms with van der Waals surface area (Å²) < 4.78 is 28.9. The Morgan fingerprint density at radius 3 is 0.655 bits per heavy atom. The van der Waals surface area contributed by atoms with Crippen molar-refractivity contribution in [3.63, 3.8) is 0 Å². The SMILES string of the molecule is CCCCCCCCC(CCCCCC)COC(=O)CCCCCN(CCCCCC(=O)OCC(CCCCCC)CCCCCCCC)CCCCC(=O)O.CCCCCCCCC(CCCCCC)COC(=O)CCCCCN(CCCCCC(=O)OCC(CCCCCC)CCCCCCCC)CCCCC(=O)OCc1ccccc1. The molecule has 1 aromatic carbocycles. The van der Waals surface area contributed by atoms with Gasteiger partial charge >= 0.3 is 35.8 Å². The predicted octanol–water partition coefficient (Wildman–Crippen LogP) is 30.5. The highest BCUT2D eigenvalue weighted by molar-refractivity contribution is 5.70. The van der Waals surface area contributed by atoms with E-state index in [0.717, 1.165) is 141 Å². The second-order valence-corrected chi connectivity index (χ2v) is 36.2. The van der Waals surface area contributed by atoms with Crippen molar-refractivity contribution in [3.8, 4) is 0 Å². The van der Waals surface area contributed by atoms with Crippen molar-refractivity contribution in [2.45, 2.75) is 511 Å². The van der Waals surface area contributed by atoms with Gasteiger partial charge in [-0.25, -0.2) is 0 Å². The number of aliphatic carboxylic acids is 1. The first kappa shape index (κ1) is 115. The summed E-state index contributed by atoms with van der Waals surface area (Å²) in [5, 5.41) is 9.08. The average Bonchev–Trinajstić information content (AvgIpc) is 0.883. The van der Waals surface area contributed by atoms with Gasteiger partial charge in [-0.1, -0.05) is 368 Å². The van der Waals surface area contributed by atoms with Gasteiger partial charge in [-0.05, 0) is 197 Å². The molecule has 119 heavy (non-hydrogen) atoms. The third-order valence-corrected chi connectivity index (χ3v) is 24.5. The largest absolute Gasteiger partial charge is 0.481 e. The Labute approximate surface area is 735 Å². The third-order valence-electron chi connectivity index (χ3n) is 24.5. The van der Waals surface area contributed by atoms with Crippen molar-refractivity contribution < 1.29 is 57.6 Å². The van der Waals surface area contributed by atoms with Crippen LogP contribution in [0.5, 0.6) is 0 Å². The van der Waals surface area contributed by atoms with Crippen LogP contribution in [0.25, 0.3) is 0 Å². The highest BCUT2D eigenvalue weighted by Crippen LogP contribution is 2.26. The zero-order valence-electron chi connectivity index (χ0n) is 79.8. The van der Waals surface area contributed by atoms with Crippen LogP contribution in [0.2, 0.25) is 0 Å². The lowest BCUT2D eigenvalue weighted by molar-refractivity contribution is -0.146. The van der Waals surface area contributed by atoms with E-state index < -0.39 is 5.97 Å². The molecule has 1 rings (SSSR count). The van der Waals surface area contributed by atoms with Crippen LogP contribution >= 0.6 is 0 Å². The zero-order valence-corrected chi connectivity index (χ0v) is 79.8. The molecular weight excluding hydrogens is 1480 g/mol. The fourth-order valence-electron chi connectivity index (χ4n) is 16.5. The van der Waals surface area contributed by atoms with E-state index >= 15 is 0 Å². The van der Waals surface area contributed by atoms with Crippen molar-refractivity contribution in [1.29, 1.82) is 0 Å². The van der Waals surface area contributed by atoms with Gasteiger partial charge in [0.15, 0.2) is 0 Å². The van der Waals surface area contributed by atoms with Crippen LogP contribution in [0.3, 0.4) is 0 Å². The van der Waals surface area contributed by atoms with E-state index in [1.807, 2.05) is 30.3 Å². The molecule has 14 heteroatoms. The molecule has 0 heterocycles. The molecule has 0 bridgehead atoms. The van der Waals surface area contributed by atoms with Crippen molar-refractivity contribution in [1.82, 2.24) is 9.80 Å². The van der Waals surface area contributed by atoms with Gasteiger partial charge in [0, 0.05) is 38.5 Å². The van der Waals surface area contributed by atoms with Crippen LogP contribution in [0.4, 0.5) is 0 Å². The molecule has 4 atom stereocenters. The van der Waals surface area contributed by atoms with Gasteiger partial charge in [-0.15, -0.1) is 0 Å². The number of esters is 5. The van der Waals surface area contributed by atoms with E-state index in [-0.39, 0.29) is 36.3 Å². The Morgan fingerprint density at radius 1 is 0.235 bits per heavy atom. The molecule has 0 fully saturated rings. The number of unbranched alkanes of at least 4 members (excludes halogenated alkanes) is 42. The van der Waals surface area contributed by atoms with E-state index in [9.17, 15) is 28.8 Å². The summed E-state index contributed by atoms with van der Waals surface area (Å²) in [7, 11) is 0. The Bertz CT molecular complexity index is 2220. The maximum atomic E-state index is 12.8. The summed E-state index contributed by atoms with van der Waals surface area (Å²) in [4.78, 5) is 79.3. The number of carboxylic acids is 1. The molecule has 0 aromatic heterocycles. The van der Waals surface area contributed by atoms with Gasteiger partial charge in [0.05, 0.1) is 26.4 Å². The molecule has 14 nitrogen and oxygen atoms in total. The number of carbonyl (C=O) groups is 6. The first-order valence-electron chi connectivity index (χ1n) is 51.8. The molecule has 0 saturated carbocycles. The van der Waals surface area contributed by atoms with Gasteiger partial charge in [-0.3, -0.25) is 28.8 Å². The minimum atomic E-state index is -0.731. The van der Waals surface area contributed by atoms with Crippen molar-refractivity contribution in [2.24, 2.45) is 23.7 Å². The molecule has 4 unspecified atom stereocenters. The number of benzene rings is 1. The molecule has 1 aromatic rings. The maximum Gasteiger partial charge on any atom is 0.306 e. The molecular formula is C105H196N2O12. The number of hydrogen-bond donors (Lipinski definition) is 1. The Morgan fingerprint density at radius 2 is 0.420 bits per heavy atom. The van der Waals surface area contributed by atoms with Crippen LogP contribution in [-0.4, -0.2) is 116 Å². The Kier molecular flexibility index (Phi) is 88.5. The number of carbonyl (C=O) groups excluding carboxylic acids is 5. The van der Waals surface area contributed by atoms with Gasteiger partial charge in [0.1, 0.15) is 6.61 Å². The average molecular weight is 1680 g/mol. The second kappa shape index (κ2) is 91.7. The molecule has 0 amide bonds. The highest BCUT2D eigenvalue weighted by atomic mass is 16.5. The molecule has 0 saturated heterocycles. The van der Waals surface area contributed by atoms with Crippen molar-refractivity contribution >= 4 is 35.8 Å². The molecule has 0 spiro atoms. The standard InChI is InChI=1S/C56H101NO6.C49H95NO6/c1-5-9-13-17-19-26-38-51(36-24-15-11-7-3)48-61-54(58)42-30-22-33-45-57(47-35-32-44-56(60)63-50-53-40-28-21-29-41-53)46-34-23-31-43-55(59)62-49-52(37-25-16-12-8-4)39-27-20-18-14-10-6-2;1-5-9-13-17-19-25-35-45(33-23-15-11-7-3)43-55-48(53)38-27-21-30-40-50(42-32-29-37-47(51)52)41-31-22-28-39-49(54)56-44-46(34-24-16-12-8-4)36-26-20-18-14-10-6-2/h21,28-29,40-41,51-52H,5-20,22-27,30-39,42-50H2,1-4H3;45-46H,5-44H2,1-4H3,(H,51,52). The smallest absolute Gasteiger partial charge is 0.306 e. The van der Waals surface area contributed by atoms with Crippen LogP contribution < -0.4 is 0 Å². The van der Waals surface area contributed by atoms with Gasteiger partial charge in [0.25, 0.3) is 0 Å². The lowest BCUT2D eigenvalue weighted by atomic mass is 9.95. The number of carboxylic acid groups (broad SMARTS) is 1. The van der Waals surface area contributed by atoms with E-state index in [1.165, 1.54) is 308 Å². The quantitative estimate of drug-likeness (QED) is 0.0370. The van der Waals surface area contributed by atoms with Gasteiger partial charge in [-0.2, -0.15) is 0 Å². The third kappa shape index (κ3) is 83.3. The number of hydrogen-bond acceptors (Lipinski definition) is 13. The fraction of sp³-hybridized carbons (Fsp3) is 0.886. The molecule has 1 N–H and O–H groups in total. The molecule has 0 aliphatic heterocycles. The number of ether oxygens (including phenoxy) is 5. The first-order chi connectivity index (χ1) is 58.3. The normalized spacial score (nSPS) is 12.5. The van der Waals surface area contributed by atoms with E-state index in [4.69, 9.17) is 28.8 Å². The Hall–Kier alpha value is -4.04. The van der Waals surface area contributed by atoms with Gasteiger partial charge < -0.3 is 38.6 Å².